The first-order valence-electron chi connectivity index (χ1n) is 15.9. The fraction of sp³-hybridized carbons (Fsp3) is 0.343. The van der Waals surface area contributed by atoms with Crippen molar-refractivity contribution in [1.82, 2.24) is 20.3 Å². The predicted octanol–water partition coefficient (Wildman–Crippen LogP) is 8.03. The summed E-state index contributed by atoms with van der Waals surface area (Å²) >= 11 is 0. The first-order chi connectivity index (χ1) is 24.8. The summed E-state index contributed by atoms with van der Waals surface area (Å²) in [6.45, 7) is 3.50. The molecule has 0 saturated carbocycles. The molecule has 52 heavy (non-hydrogen) atoms. The first kappa shape index (κ1) is 37.7. The maximum Gasteiger partial charge on any atom is 0.416 e. The predicted molar refractivity (Wildman–Crippen MR) is 174 cm³/mol. The molecule has 0 aliphatic carbocycles. The molecule has 17 heteroatoms. The van der Waals surface area contributed by atoms with E-state index in [4.69, 9.17) is 14.2 Å². The van der Waals surface area contributed by atoms with Gasteiger partial charge in [0.15, 0.2) is 11.6 Å². The Morgan fingerprint density at radius 3 is 2.31 bits per heavy atom. The van der Waals surface area contributed by atoms with Crippen LogP contribution in [0.1, 0.15) is 72.5 Å². The number of rotatable bonds is 11. The standard InChI is InChI=1S/C35H32F6N6O5/c1-4-24-16-25(30-26(11-12-28(45-30)50-3)47(24)33(49)51-5-2)44-29(21-13-22(34(36,37)38)15-23(14-21)35(39,40)41)32-42-17-27(31(46-32)43-19-48)52-18-20-9-7-6-8-10-20/h6-15,17,24-25,29,44H,4-5,16,18H2,1-3H3/t24-,25+,29?/m1/s1. The molecule has 0 radical (unpaired) electrons. The Morgan fingerprint density at radius 1 is 1.02 bits per heavy atom. The largest absolute Gasteiger partial charge is 0.483 e. The van der Waals surface area contributed by atoms with E-state index in [1.165, 1.54) is 24.2 Å². The molecule has 0 saturated heterocycles. The molecule has 0 spiro atoms. The molecule has 1 amide bonds. The lowest BCUT2D eigenvalue weighted by Crippen LogP contribution is -2.48. The van der Waals surface area contributed by atoms with E-state index in [-0.39, 0.29) is 60.4 Å². The van der Waals surface area contributed by atoms with E-state index in [0.717, 1.165) is 11.8 Å². The molecular weight excluding hydrogens is 698 g/mol. The van der Waals surface area contributed by atoms with E-state index in [1.807, 2.05) is 0 Å². The number of alkyl halides is 6. The Labute approximate surface area is 293 Å². The van der Waals surface area contributed by atoms with E-state index in [0.29, 0.717) is 18.6 Å². The van der Waals surface area contributed by atoms with Gasteiger partial charge in [-0.3, -0.25) is 10.2 Å². The van der Waals surface area contributed by atoms with Crippen LogP contribution >= 0.6 is 0 Å². The highest BCUT2D eigenvalue weighted by atomic mass is 19.4. The third kappa shape index (κ3) is 8.49. The number of carbonyl (C=O) groups is 1. The van der Waals surface area contributed by atoms with Gasteiger partial charge in [-0.15, -0.1) is 4.99 Å². The quantitative estimate of drug-likeness (QED) is 0.0927. The number of aliphatic imine (C=N–C) groups is 1. The molecule has 11 nitrogen and oxygen atoms in total. The summed E-state index contributed by atoms with van der Waals surface area (Å²) in [5.41, 5.74) is -2.43. The minimum absolute atomic E-state index is 0.00307. The van der Waals surface area contributed by atoms with E-state index >= 15 is 0 Å². The zero-order valence-electron chi connectivity index (χ0n) is 28.0. The lowest BCUT2D eigenvalue weighted by Gasteiger charge is -2.40. The Hall–Kier alpha value is -5.54. The maximum absolute atomic E-state index is 14.1. The summed E-state index contributed by atoms with van der Waals surface area (Å²) in [6, 6.07) is 9.99. The van der Waals surface area contributed by atoms with Crippen molar-refractivity contribution in [1.29, 1.82) is 0 Å². The zero-order valence-corrected chi connectivity index (χ0v) is 28.0. The summed E-state index contributed by atoms with van der Waals surface area (Å²) in [6.07, 6.45) is -8.07. The summed E-state index contributed by atoms with van der Waals surface area (Å²) in [7, 11) is 1.35. The molecule has 2 aromatic heterocycles. The zero-order chi connectivity index (χ0) is 37.6. The van der Waals surface area contributed by atoms with Crippen LogP contribution in [0.25, 0.3) is 0 Å². The smallest absolute Gasteiger partial charge is 0.416 e. The van der Waals surface area contributed by atoms with Gasteiger partial charge in [-0.1, -0.05) is 37.3 Å². The van der Waals surface area contributed by atoms with Gasteiger partial charge in [0, 0.05) is 12.1 Å². The number of carbonyl (C=O) groups excluding carboxylic acids is 2. The molecule has 5 rings (SSSR count). The highest BCUT2D eigenvalue weighted by Crippen LogP contribution is 2.43. The number of hydrogen-bond acceptors (Lipinski definition) is 10. The molecule has 3 atom stereocenters. The molecule has 0 fully saturated rings. The summed E-state index contributed by atoms with van der Waals surface area (Å²) < 4.78 is 101. The van der Waals surface area contributed by atoms with Crippen LogP contribution in [0.3, 0.4) is 0 Å². The lowest BCUT2D eigenvalue weighted by atomic mass is 9.91. The molecule has 2 aromatic carbocycles. The van der Waals surface area contributed by atoms with Crippen molar-refractivity contribution in [2.45, 2.75) is 63.8 Å². The lowest BCUT2D eigenvalue weighted by molar-refractivity contribution is -0.143. The van der Waals surface area contributed by atoms with Crippen molar-refractivity contribution in [3.05, 3.63) is 101 Å². The number of fused-ring (bicyclic) bond motifs is 1. The molecule has 274 valence electrons. The van der Waals surface area contributed by atoms with Gasteiger partial charge >= 0.3 is 18.4 Å². The third-order valence-corrected chi connectivity index (χ3v) is 8.20. The number of amides is 1. The SMILES string of the molecule is CCOC(=O)N1c2ccc(OC)nc2[C@@H](NC(c2cc(C(F)(F)F)cc(C(F)(F)F)c2)c2ncc(OCc3ccccc3)c(N=C=O)n2)C[C@H]1CC. The molecular formula is C35H32F6N6O5. The number of hydrogen-bond donors (Lipinski definition) is 1. The number of methoxy groups -OCH3 is 1. The van der Waals surface area contributed by atoms with Gasteiger partial charge in [0.25, 0.3) is 0 Å². The number of ether oxygens (including phenoxy) is 3. The second-order valence-electron chi connectivity index (χ2n) is 11.5. The molecule has 1 aliphatic rings. The minimum atomic E-state index is -5.16. The Bertz CT molecular complexity index is 1910. The number of nitrogens with one attached hydrogen (secondary N) is 1. The molecule has 0 bridgehead atoms. The molecule has 1 unspecified atom stereocenters. The van der Waals surface area contributed by atoms with Gasteiger partial charge in [-0.25, -0.2) is 24.5 Å². The fourth-order valence-electron chi connectivity index (χ4n) is 5.79. The van der Waals surface area contributed by atoms with Crippen molar-refractivity contribution in [2.24, 2.45) is 4.99 Å². The number of benzene rings is 2. The monoisotopic (exact) mass is 730 g/mol. The van der Waals surface area contributed by atoms with Crippen LogP contribution in [-0.2, 0) is 28.5 Å². The van der Waals surface area contributed by atoms with Crippen molar-refractivity contribution < 1.29 is 50.1 Å². The normalized spacial score (nSPS) is 16.4. The number of aromatic nitrogens is 3. The second kappa shape index (κ2) is 15.8. The van der Waals surface area contributed by atoms with Gasteiger partial charge in [0.2, 0.25) is 17.8 Å². The molecule has 4 aromatic rings. The highest BCUT2D eigenvalue weighted by Gasteiger charge is 2.41. The number of isocyanates is 1. The van der Waals surface area contributed by atoms with Crippen LogP contribution in [0.2, 0.25) is 0 Å². The van der Waals surface area contributed by atoms with Crippen molar-refractivity contribution in [2.75, 3.05) is 18.6 Å². The number of pyridine rings is 1. The topological polar surface area (TPSA) is 128 Å². The van der Waals surface area contributed by atoms with E-state index in [2.05, 4.69) is 25.3 Å². The van der Waals surface area contributed by atoms with Gasteiger partial charge < -0.3 is 14.2 Å². The van der Waals surface area contributed by atoms with Crippen molar-refractivity contribution in [3.8, 4) is 11.6 Å². The Morgan fingerprint density at radius 2 is 1.71 bits per heavy atom. The maximum atomic E-state index is 14.1. The average molecular weight is 731 g/mol. The van der Waals surface area contributed by atoms with Gasteiger partial charge in [-0.2, -0.15) is 26.3 Å². The van der Waals surface area contributed by atoms with Crippen molar-refractivity contribution in [3.63, 3.8) is 0 Å². The Kier molecular flexibility index (Phi) is 11.4. The third-order valence-electron chi connectivity index (χ3n) is 8.20. The van der Waals surface area contributed by atoms with E-state index in [9.17, 15) is 35.9 Å². The van der Waals surface area contributed by atoms with Crippen LogP contribution in [0.5, 0.6) is 11.6 Å². The number of halogens is 6. The molecule has 3 heterocycles. The minimum Gasteiger partial charge on any atom is -0.483 e. The van der Waals surface area contributed by atoms with Crippen LogP contribution in [0.15, 0.2) is 71.9 Å². The summed E-state index contributed by atoms with van der Waals surface area (Å²) in [5, 5.41) is 3.12. The summed E-state index contributed by atoms with van der Waals surface area (Å²) in [4.78, 5) is 42.6. The molecule has 1 aliphatic heterocycles. The van der Waals surface area contributed by atoms with Gasteiger partial charge in [-0.05, 0) is 55.2 Å². The first-order valence-corrected chi connectivity index (χ1v) is 15.9. The number of anilines is 1. The van der Waals surface area contributed by atoms with Gasteiger partial charge in [0.1, 0.15) is 6.61 Å². The molecule has 1 N–H and O–H groups in total. The van der Waals surface area contributed by atoms with Crippen LogP contribution in [0.4, 0.5) is 42.6 Å². The fourth-order valence-corrected chi connectivity index (χ4v) is 5.79. The van der Waals surface area contributed by atoms with E-state index in [1.54, 1.807) is 50.2 Å². The number of nitrogens with zero attached hydrogens (tertiary/aromatic N) is 5. The average Bonchev–Trinajstić information content (AvgIpc) is 3.12. The van der Waals surface area contributed by atoms with E-state index < -0.39 is 53.3 Å². The van der Waals surface area contributed by atoms with Crippen LogP contribution in [-0.4, -0.2) is 46.9 Å². The van der Waals surface area contributed by atoms with Crippen LogP contribution < -0.4 is 19.7 Å². The highest BCUT2D eigenvalue weighted by molar-refractivity contribution is 5.90. The Balaban J connectivity index is 1.68. The second-order valence-corrected chi connectivity index (χ2v) is 11.5. The summed E-state index contributed by atoms with van der Waals surface area (Å²) in [5.74, 6) is -0.688. The van der Waals surface area contributed by atoms with Crippen LogP contribution in [0, 0.1) is 0 Å². The van der Waals surface area contributed by atoms with Crippen molar-refractivity contribution >= 4 is 23.7 Å². The van der Waals surface area contributed by atoms with Gasteiger partial charge in [0.05, 0.1) is 54.5 Å².